The number of hydrogen-bond donors (Lipinski definition) is 1. The average molecular weight is 383 g/mol. The summed E-state index contributed by atoms with van der Waals surface area (Å²) in [7, 11) is 0. The lowest BCUT2D eigenvalue weighted by atomic mass is 10.2. The topological polar surface area (TPSA) is 68.5 Å². The molecule has 0 atom stereocenters. The van der Waals surface area contributed by atoms with Crippen molar-refractivity contribution in [1.29, 1.82) is 0 Å². The van der Waals surface area contributed by atoms with Gasteiger partial charge in [0.25, 0.3) is 0 Å². The highest BCUT2D eigenvalue weighted by Gasteiger charge is 2.17. The molecule has 0 saturated heterocycles. The highest BCUT2D eigenvalue weighted by atomic mass is 35.5. The van der Waals surface area contributed by atoms with E-state index in [0.717, 1.165) is 48.0 Å². The van der Waals surface area contributed by atoms with E-state index < -0.39 is 0 Å². The van der Waals surface area contributed by atoms with Crippen LogP contribution in [-0.2, 0) is 25.9 Å². The molecule has 1 aliphatic rings. The average Bonchev–Trinajstić information content (AvgIpc) is 2.92. The molecule has 1 aliphatic heterocycles. The van der Waals surface area contributed by atoms with Gasteiger partial charge >= 0.3 is 0 Å². The van der Waals surface area contributed by atoms with Crippen LogP contribution in [0.25, 0.3) is 11.4 Å². The molecule has 0 spiro atoms. The number of hydrogen-bond acceptors (Lipinski definition) is 5. The van der Waals surface area contributed by atoms with E-state index in [1.807, 2.05) is 30.3 Å². The van der Waals surface area contributed by atoms with Crippen molar-refractivity contribution < 1.29 is 0 Å². The van der Waals surface area contributed by atoms with E-state index in [2.05, 4.69) is 32.0 Å². The molecular formula is C20H23ClN6. The smallest absolute Gasteiger partial charge is 0.163 e. The number of fused-ring (bicyclic) bond motifs is 1. The number of rotatable bonds is 5. The number of aromatic nitrogens is 5. The molecule has 1 aromatic carbocycles. The van der Waals surface area contributed by atoms with Crippen LogP contribution in [0.2, 0.25) is 5.15 Å². The van der Waals surface area contributed by atoms with Crippen molar-refractivity contribution in [3.05, 3.63) is 52.7 Å². The Morgan fingerprint density at radius 1 is 1.07 bits per heavy atom. The van der Waals surface area contributed by atoms with Crippen molar-refractivity contribution in [1.82, 2.24) is 24.7 Å². The maximum absolute atomic E-state index is 6.46. The fourth-order valence-electron chi connectivity index (χ4n) is 3.47. The third-order valence-corrected chi connectivity index (χ3v) is 5.25. The SMILES string of the molecule is CCc1c(Cl)nc(-c2ccccc2)nc1NCc1nnc2n1CCCCC2. The van der Waals surface area contributed by atoms with Gasteiger partial charge in [0.05, 0.1) is 6.54 Å². The van der Waals surface area contributed by atoms with Crippen molar-refractivity contribution in [2.45, 2.75) is 52.1 Å². The first-order valence-electron chi connectivity index (χ1n) is 9.53. The molecule has 2 aromatic heterocycles. The molecule has 0 bridgehead atoms. The van der Waals surface area contributed by atoms with Crippen LogP contribution in [0, 0.1) is 0 Å². The third-order valence-electron chi connectivity index (χ3n) is 4.94. The molecule has 0 unspecified atom stereocenters. The van der Waals surface area contributed by atoms with Gasteiger partial charge in [-0.2, -0.15) is 0 Å². The van der Waals surface area contributed by atoms with E-state index in [1.54, 1.807) is 0 Å². The van der Waals surface area contributed by atoms with Gasteiger partial charge in [-0.05, 0) is 19.3 Å². The Balaban J connectivity index is 1.62. The summed E-state index contributed by atoms with van der Waals surface area (Å²) >= 11 is 6.46. The Labute approximate surface area is 164 Å². The summed E-state index contributed by atoms with van der Waals surface area (Å²) in [5, 5.41) is 12.7. The van der Waals surface area contributed by atoms with Gasteiger partial charge in [-0.3, -0.25) is 0 Å². The molecule has 3 aromatic rings. The molecule has 4 rings (SSSR count). The lowest BCUT2D eigenvalue weighted by molar-refractivity contribution is 0.609. The summed E-state index contributed by atoms with van der Waals surface area (Å²) in [6.07, 6.45) is 5.38. The van der Waals surface area contributed by atoms with Gasteiger partial charge in [0, 0.05) is 24.1 Å². The molecule has 0 radical (unpaired) electrons. The van der Waals surface area contributed by atoms with Crippen LogP contribution in [-0.4, -0.2) is 24.7 Å². The number of aryl methyl sites for hydroxylation is 1. The Morgan fingerprint density at radius 2 is 1.93 bits per heavy atom. The number of halogens is 1. The summed E-state index contributed by atoms with van der Waals surface area (Å²) in [6.45, 7) is 3.61. The minimum Gasteiger partial charge on any atom is -0.362 e. The van der Waals surface area contributed by atoms with Crippen molar-refractivity contribution in [3.8, 4) is 11.4 Å². The predicted octanol–water partition coefficient (Wildman–Crippen LogP) is 4.29. The van der Waals surface area contributed by atoms with Crippen LogP contribution in [0.4, 0.5) is 5.82 Å². The van der Waals surface area contributed by atoms with E-state index in [1.165, 1.54) is 19.3 Å². The van der Waals surface area contributed by atoms with Crippen LogP contribution in [0.5, 0.6) is 0 Å². The quantitative estimate of drug-likeness (QED) is 0.666. The Kier molecular flexibility index (Phi) is 5.34. The molecule has 1 N–H and O–H groups in total. The summed E-state index contributed by atoms with van der Waals surface area (Å²) in [6, 6.07) is 9.89. The summed E-state index contributed by atoms with van der Waals surface area (Å²) in [4.78, 5) is 9.22. The lowest BCUT2D eigenvalue weighted by Crippen LogP contribution is -2.13. The van der Waals surface area contributed by atoms with E-state index in [-0.39, 0.29) is 0 Å². The van der Waals surface area contributed by atoms with Gasteiger partial charge in [0.15, 0.2) is 11.6 Å². The van der Waals surface area contributed by atoms with E-state index in [4.69, 9.17) is 16.6 Å². The maximum atomic E-state index is 6.46. The zero-order valence-electron chi connectivity index (χ0n) is 15.5. The molecule has 0 aliphatic carbocycles. The largest absolute Gasteiger partial charge is 0.362 e. The molecule has 6 nitrogen and oxygen atoms in total. The molecule has 0 saturated carbocycles. The third kappa shape index (κ3) is 3.81. The van der Waals surface area contributed by atoms with Crippen molar-refractivity contribution in [2.24, 2.45) is 0 Å². The fourth-order valence-corrected chi connectivity index (χ4v) is 3.77. The Bertz CT molecular complexity index is 922. The van der Waals surface area contributed by atoms with E-state index in [0.29, 0.717) is 17.5 Å². The Morgan fingerprint density at radius 3 is 2.74 bits per heavy atom. The maximum Gasteiger partial charge on any atom is 0.163 e. The van der Waals surface area contributed by atoms with Crippen molar-refractivity contribution >= 4 is 17.4 Å². The summed E-state index contributed by atoms with van der Waals surface area (Å²) in [5.74, 6) is 3.43. The second-order valence-electron chi connectivity index (χ2n) is 6.73. The zero-order chi connectivity index (χ0) is 18.6. The minimum absolute atomic E-state index is 0.494. The summed E-state index contributed by atoms with van der Waals surface area (Å²) < 4.78 is 2.24. The molecule has 140 valence electrons. The van der Waals surface area contributed by atoms with Crippen LogP contribution < -0.4 is 5.32 Å². The van der Waals surface area contributed by atoms with Crippen LogP contribution in [0.3, 0.4) is 0 Å². The van der Waals surface area contributed by atoms with Gasteiger partial charge in [-0.15, -0.1) is 10.2 Å². The second kappa shape index (κ2) is 8.05. The molecule has 7 heteroatoms. The molecular weight excluding hydrogens is 360 g/mol. The van der Waals surface area contributed by atoms with Gasteiger partial charge in [0.1, 0.15) is 16.8 Å². The second-order valence-corrected chi connectivity index (χ2v) is 7.09. The van der Waals surface area contributed by atoms with Gasteiger partial charge in [-0.1, -0.05) is 55.3 Å². The number of anilines is 1. The highest BCUT2D eigenvalue weighted by molar-refractivity contribution is 6.30. The first-order valence-corrected chi connectivity index (χ1v) is 9.90. The number of nitrogens with zero attached hydrogens (tertiary/aromatic N) is 5. The number of benzene rings is 1. The van der Waals surface area contributed by atoms with Crippen molar-refractivity contribution in [3.63, 3.8) is 0 Å². The fraction of sp³-hybridized carbons (Fsp3) is 0.400. The van der Waals surface area contributed by atoms with Crippen LogP contribution in [0.1, 0.15) is 43.4 Å². The van der Waals surface area contributed by atoms with Gasteiger partial charge in [0.2, 0.25) is 0 Å². The monoisotopic (exact) mass is 382 g/mol. The van der Waals surface area contributed by atoms with Gasteiger partial charge in [-0.25, -0.2) is 9.97 Å². The minimum atomic E-state index is 0.494. The predicted molar refractivity (Wildman–Crippen MR) is 107 cm³/mol. The Hall–Kier alpha value is -2.47. The first-order chi connectivity index (χ1) is 13.3. The van der Waals surface area contributed by atoms with Crippen molar-refractivity contribution in [2.75, 3.05) is 5.32 Å². The summed E-state index contributed by atoms with van der Waals surface area (Å²) in [5.41, 5.74) is 1.87. The normalized spacial score (nSPS) is 13.9. The van der Waals surface area contributed by atoms with Crippen LogP contribution >= 0.6 is 11.6 Å². The van der Waals surface area contributed by atoms with E-state index >= 15 is 0 Å². The zero-order valence-corrected chi connectivity index (χ0v) is 16.2. The first kappa shape index (κ1) is 17.9. The highest BCUT2D eigenvalue weighted by Crippen LogP contribution is 2.26. The molecule has 27 heavy (non-hydrogen) atoms. The standard InChI is InChI=1S/C20H23ClN6/c1-2-15-18(21)23-19(14-9-5-3-6-10-14)24-20(15)22-13-17-26-25-16-11-7-4-8-12-27(16)17/h3,5-6,9-10H,2,4,7-8,11-13H2,1H3,(H,22,23,24). The number of nitrogens with one attached hydrogen (secondary N) is 1. The van der Waals surface area contributed by atoms with Gasteiger partial charge < -0.3 is 9.88 Å². The molecule has 3 heterocycles. The van der Waals surface area contributed by atoms with E-state index in [9.17, 15) is 0 Å². The lowest BCUT2D eigenvalue weighted by Gasteiger charge is -2.13. The molecule has 0 amide bonds. The van der Waals surface area contributed by atoms with Crippen LogP contribution in [0.15, 0.2) is 30.3 Å². The molecule has 0 fully saturated rings.